The molecule has 0 aliphatic carbocycles. The van der Waals surface area contributed by atoms with Crippen LogP contribution in [-0.2, 0) is 49.3 Å². The quantitative estimate of drug-likeness (QED) is 0.0901. The average Bonchev–Trinajstić information content (AvgIpc) is 3.25. The lowest BCUT2D eigenvalue weighted by molar-refractivity contribution is -0.374. The zero-order chi connectivity index (χ0) is 36.9. The monoisotopic (exact) mass is 690 g/mol. The van der Waals surface area contributed by atoms with Crippen LogP contribution in [0.5, 0.6) is 0 Å². The summed E-state index contributed by atoms with van der Waals surface area (Å²) in [6, 6.07) is 9.29. The molecule has 2 aliphatic rings. The Kier molecular flexibility index (Phi) is 12.5. The summed E-state index contributed by atoms with van der Waals surface area (Å²) in [5.74, 6) is -11.3. The van der Waals surface area contributed by atoms with Crippen molar-refractivity contribution in [3.63, 3.8) is 0 Å². The van der Waals surface area contributed by atoms with Gasteiger partial charge in [-0.15, -0.1) is 0 Å². The van der Waals surface area contributed by atoms with E-state index in [-0.39, 0.29) is 23.8 Å². The predicted molar refractivity (Wildman–Crippen MR) is 171 cm³/mol. The van der Waals surface area contributed by atoms with Crippen LogP contribution in [0.3, 0.4) is 0 Å². The van der Waals surface area contributed by atoms with Crippen molar-refractivity contribution in [1.29, 1.82) is 0 Å². The Labute approximate surface area is 284 Å². The van der Waals surface area contributed by atoms with E-state index in [0.29, 0.717) is 18.8 Å². The van der Waals surface area contributed by atoms with Gasteiger partial charge in [0.25, 0.3) is 0 Å². The van der Waals surface area contributed by atoms with Gasteiger partial charge in [0, 0.05) is 25.3 Å². The van der Waals surface area contributed by atoms with Crippen LogP contribution in [0.4, 0.5) is 0 Å². The Morgan fingerprint density at radius 3 is 2.20 bits per heavy atom. The summed E-state index contributed by atoms with van der Waals surface area (Å²) in [5.41, 5.74) is -6.27. The number of aliphatic hydroxyl groups excluding tert-OH is 1. The molecule has 14 nitrogen and oxygen atoms in total. The van der Waals surface area contributed by atoms with Crippen LogP contribution in [0.1, 0.15) is 65.9 Å². The van der Waals surface area contributed by atoms with Crippen molar-refractivity contribution in [2.24, 2.45) is 17.8 Å². The van der Waals surface area contributed by atoms with Crippen LogP contribution in [-0.4, -0.2) is 96.8 Å². The number of carboxylic acid groups (broad SMARTS) is 3. The topological polar surface area (TPSA) is 223 Å². The van der Waals surface area contributed by atoms with Gasteiger partial charge in [0.05, 0.1) is 0 Å². The number of carbonyl (C=O) groups is 5. The largest absolute Gasteiger partial charge is 0.479 e. The Balaban J connectivity index is 2.02. The first-order valence-corrected chi connectivity index (χ1v) is 16.1. The zero-order valence-electron chi connectivity index (χ0n) is 28.2. The van der Waals surface area contributed by atoms with Crippen molar-refractivity contribution in [3.05, 3.63) is 60.2 Å². The molecule has 2 heterocycles. The van der Waals surface area contributed by atoms with Gasteiger partial charge >= 0.3 is 29.8 Å². The molecular formula is C35H46O14. The molecule has 2 saturated heterocycles. The molecule has 0 radical (unpaired) electrons. The molecule has 2 fully saturated rings. The van der Waals surface area contributed by atoms with Gasteiger partial charge in [0.2, 0.25) is 23.1 Å². The van der Waals surface area contributed by atoms with Gasteiger partial charge in [-0.25, -0.2) is 19.2 Å². The van der Waals surface area contributed by atoms with Crippen LogP contribution < -0.4 is 0 Å². The van der Waals surface area contributed by atoms with E-state index in [2.05, 4.69) is 6.58 Å². The maximum Gasteiger partial charge on any atom is 0.344 e. The van der Waals surface area contributed by atoms with Crippen LogP contribution in [0.2, 0.25) is 0 Å². The van der Waals surface area contributed by atoms with E-state index in [9.17, 15) is 49.5 Å². The summed E-state index contributed by atoms with van der Waals surface area (Å²) in [4.78, 5) is 63.0. The molecule has 0 aromatic heterocycles. The third kappa shape index (κ3) is 7.88. The first kappa shape index (κ1) is 39.3. The maximum absolute atomic E-state index is 13.0. The fraction of sp³-hybridized carbons (Fsp3) is 0.571. The smallest absolute Gasteiger partial charge is 0.344 e. The third-order valence-electron chi connectivity index (χ3n) is 9.29. The average molecular weight is 691 g/mol. The minimum absolute atomic E-state index is 0.123. The number of fused-ring (bicyclic) bond motifs is 2. The van der Waals surface area contributed by atoms with Crippen LogP contribution in [0.25, 0.3) is 0 Å². The van der Waals surface area contributed by atoms with E-state index in [4.69, 9.17) is 18.9 Å². The number of carbonyl (C=O) groups excluding carboxylic acids is 2. The molecular weight excluding hydrogens is 644 g/mol. The molecule has 0 saturated carbocycles. The molecule has 14 heteroatoms. The fourth-order valence-electron chi connectivity index (χ4n) is 6.58. The summed E-state index contributed by atoms with van der Waals surface area (Å²) in [6.07, 6.45) is -4.83. The molecule has 0 amide bonds. The van der Waals surface area contributed by atoms with Gasteiger partial charge in [-0.2, -0.15) is 0 Å². The second-order valence-corrected chi connectivity index (χ2v) is 13.1. The Hall–Kier alpha value is -4.11. The van der Waals surface area contributed by atoms with E-state index in [1.165, 1.54) is 13.0 Å². The van der Waals surface area contributed by atoms with Crippen LogP contribution in [0, 0.1) is 17.8 Å². The maximum atomic E-state index is 13.0. The Morgan fingerprint density at radius 2 is 1.67 bits per heavy atom. The predicted octanol–water partition coefficient (Wildman–Crippen LogP) is 2.88. The minimum Gasteiger partial charge on any atom is -0.479 e. The van der Waals surface area contributed by atoms with Crippen molar-refractivity contribution >= 4 is 29.8 Å². The molecule has 2 aliphatic heterocycles. The number of benzene rings is 1. The normalized spacial score (nSPS) is 30.1. The second-order valence-electron chi connectivity index (χ2n) is 13.1. The highest BCUT2D eigenvalue weighted by molar-refractivity contribution is 5.98. The number of hydrogen-bond acceptors (Lipinski definition) is 11. The van der Waals surface area contributed by atoms with Gasteiger partial charge in [0.15, 0.2) is 6.10 Å². The Morgan fingerprint density at radius 1 is 1.04 bits per heavy atom. The van der Waals surface area contributed by atoms with E-state index in [0.717, 1.165) is 18.1 Å². The molecule has 10 atom stereocenters. The molecule has 270 valence electrons. The summed E-state index contributed by atoms with van der Waals surface area (Å²) < 4.78 is 22.0. The molecule has 1 aromatic carbocycles. The number of allylic oxidation sites excluding steroid dienone is 1. The third-order valence-corrected chi connectivity index (χ3v) is 9.29. The number of esters is 2. The first-order valence-electron chi connectivity index (χ1n) is 16.1. The minimum atomic E-state index is -3.90. The van der Waals surface area contributed by atoms with Gasteiger partial charge in [-0.1, -0.05) is 77.1 Å². The summed E-state index contributed by atoms with van der Waals surface area (Å²) >= 11 is 0. The highest BCUT2D eigenvalue weighted by atomic mass is 16.8. The molecule has 0 spiro atoms. The molecule has 5 N–H and O–H groups in total. The number of rotatable bonds is 17. The highest BCUT2D eigenvalue weighted by Gasteiger charge is 2.85. The first-order chi connectivity index (χ1) is 22.9. The fourth-order valence-corrected chi connectivity index (χ4v) is 6.58. The molecule has 1 aromatic rings. The standard InChI is InChI=1S/C35H46O14/c1-7-19(2)17-20(3)13-14-25(37)47-28-27(38)33(48-29(30(39)40)34(45,31(41)42)35(28,49-33)32(43)44)16-15-21(4)26(46-23(6)36)22(5)18-24-11-9-8-10-12-24/h8-14,19-20,22,26-29,38,45H,4,7,15-18H2,1-3,5-6H3,(H,39,40)(H,41,42)(H,43,44)/b14-13+/t19-,20+,22?,26?,27+,28+,29+,33-,34+,35-/m0/s1. The van der Waals surface area contributed by atoms with E-state index in [1.54, 1.807) is 6.92 Å². The van der Waals surface area contributed by atoms with Crippen molar-refractivity contribution < 1.29 is 68.5 Å². The summed E-state index contributed by atoms with van der Waals surface area (Å²) in [7, 11) is 0. The lowest BCUT2D eigenvalue weighted by atomic mass is 9.74. The zero-order valence-corrected chi connectivity index (χ0v) is 28.2. The number of hydrogen-bond donors (Lipinski definition) is 5. The SMILES string of the molecule is C=C(CC[C@]12O[C@H](C(=O)O)[C@@](O)(C(=O)O)[C@](C(=O)O)(O1)[C@H](OC(=O)/C=C/[C@@H](C)C[C@@H](C)CC)[C@H]2O)C(OC(C)=O)C(C)Cc1ccccc1. The van der Waals surface area contributed by atoms with E-state index in [1.807, 2.05) is 51.1 Å². The lowest BCUT2D eigenvalue weighted by Crippen LogP contribution is -2.78. The van der Waals surface area contributed by atoms with E-state index >= 15 is 0 Å². The van der Waals surface area contributed by atoms with Crippen molar-refractivity contribution in [3.8, 4) is 0 Å². The second kappa shape index (κ2) is 15.6. The number of ether oxygens (including phenoxy) is 4. The number of aliphatic carboxylic acids is 3. The molecule has 49 heavy (non-hydrogen) atoms. The van der Waals surface area contributed by atoms with Gasteiger partial charge in [-0.05, 0) is 42.2 Å². The van der Waals surface area contributed by atoms with Crippen molar-refractivity contribution in [1.82, 2.24) is 0 Å². The van der Waals surface area contributed by atoms with Crippen molar-refractivity contribution in [2.45, 2.75) is 108 Å². The lowest BCUT2D eigenvalue weighted by Gasteiger charge is -2.48. The summed E-state index contributed by atoms with van der Waals surface area (Å²) in [6.45, 7) is 12.9. The highest BCUT2D eigenvalue weighted by Crippen LogP contribution is 2.56. The molecule has 3 rings (SSSR count). The molecule has 2 unspecified atom stereocenters. The van der Waals surface area contributed by atoms with Gasteiger partial charge in [-0.3, -0.25) is 4.79 Å². The number of carboxylic acids is 3. The van der Waals surface area contributed by atoms with E-state index < -0.39 is 77.7 Å². The summed E-state index contributed by atoms with van der Waals surface area (Å²) in [5, 5.41) is 53.5. The molecule has 2 bridgehead atoms. The van der Waals surface area contributed by atoms with Gasteiger partial charge in [0.1, 0.15) is 12.2 Å². The van der Waals surface area contributed by atoms with Crippen LogP contribution >= 0.6 is 0 Å². The van der Waals surface area contributed by atoms with Crippen LogP contribution in [0.15, 0.2) is 54.6 Å². The van der Waals surface area contributed by atoms with Gasteiger partial charge < -0.3 is 44.5 Å². The Bertz CT molecular complexity index is 1440. The van der Waals surface area contributed by atoms with Crippen molar-refractivity contribution in [2.75, 3.05) is 0 Å². The number of aliphatic hydroxyl groups is 2.